The van der Waals surface area contributed by atoms with Crippen molar-refractivity contribution in [2.45, 2.75) is 26.4 Å². The van der Waals surface area contributed by atoms with E-state index in [1.165, 1.54) is 0 Å². The van der Waals surface area contributed by atoms with Crippen molar-refractivity contribution in [2.75, 3.05) is 24.6 Å². The first-order valence-electron chi connectivity index (χ1n) is 5.70. The lowest BCUT2D eigenvalue weighted by Crippen LogP contribution is -2.42. The number of halogens is 1. The summed E-state index contributed by atoms with van der Waals surface area (Å²) in [6.07, 6.45) is 1.37. The van der Waals surface area contributed by atoms with Crippen LogP contribution in [0, 0.1) is 6.92 Å². The van der Waals surface area contributed by atoms with Crippen LogP contribution >= 0.6 is 11.6 Å². The third kappa shape index (κ3) is 2.47. The SMILES string of the molecule is CCC1CN(c2ccc(Cl)c(C)n2)CCO1. The zero-order valence-electron chi connectivity index (χ0n) is 9.74. The molecule has 1 aliphatic rings. The standard InChI is InChI=1S/C12H17ClN2O/c1-3-10-8-15(6-7-16-10)12-5-4-11(13)9(2)14-12/h4-5,10H,3,6-8H2,1-2H3. The van der Waals surface area contributed by atoms with E-state index in [4.69, 9.17) is 16.3 Å². The molecule has 1 aromatic heterocycles. The highest BCUT2D eigenvalue weighted by molar-refractivity contribution is 6.31. The van der Waals surface area contributed by atoms with E-state index in [9.17, 15) is 0 Å². The second-order valence-electron chi connectivity index (χ2n) is 4.08. The topological polar surface area (TPSA) is 25.4 Å². The molecular weight excluding hydrogens is 224 g/mol. The lowest BCUT2D eigenvalue weighted by Gasteiger charge is -2.33. The summed E-state index contributed by atoms with van der Waals surface area (Å²) in [4.78, 5) is 6.77. The van der Waals surface area contributed by atoms with Crippen LogP contribution in [-0.4, -0.2) is 30.8 Å². The zero-order valence-corrected chi connectivity index (χ0v) is 10.5. The van der Waals surface area contributed by atoms with Crippen molar-refractivity contribution < 1.29 is 4.74 Å². The Morgan fingerprint density at radius 3 is 3.06 bits per heavy atom. The van der Waals surface area contributed by atoms with Gasteiger partial charge in [0.1, 0.15) is 5.82 Å². The van der Waals surface area contributed by atoms with Gasteiger partial charge >= 0.3 is 0 Å². The van der Waals surface area contributed by atoms with Gasteiger partial charge in [-0.15, -0.1) is 0 Å². The predicted octanol–water partition coefficient (Wildman–Crippen LogP) is 2.66. The Hall–Kier alpha value is -0.800. The number of aryl methyl sites for hydroxylation is 1. The van der Waals surface area contributed by atoms with E-state index in [2.05, 4.69) is 16.8 Å². The number of hydrogen-bond acceptors (Lipinski definition) is 3. The van der Waals surface area contributed by atoms with E-state index < -0.39 is 0 Å². The zero-order chi connectivity index (χ0) is 11.5. The molecule has 88 valence electrons. The maximum atomic E-state index is 5.97. The summed E-state index contributed by atoms with van der Waals surface area (Å²) in [6.45, 7) is 6.69. The highest BCUT2D eigenvalue weighted by Crippen LogP contribution is 2.20. The van der Waals surface area contributed by atoms with E-state index in [-0.39, 0.29) is 0 Å². The van der Waals surface area contributed by atoms with Gasteiger partial charge in [0.25, 0.3) is 0 Å². The number of ether oxygens (including phenoxy) is 1. The highest BCUT2D eigenvalue weighted by atomic mass is 35.5. The normalized spacial score (nSPS) is 21.2. The van der Waals surface area contributed by atoms with Crippen molar-refractivity contribution in [1.29, 1.82) is 0 Å². The molecule has 0 aromatic carbocycles. The van der Waals surface area contributed by atoms with Gasteiger partial charge in [0.2, 0.25) is 0 Å². The van der Waals surface area contributed by atoms with E-state index >= 15 is 0 Å². The van der Waals surface area contributed by atoms with Gasteiger partial charge in [-0.2, -0.15) is 0 Å². The Balaban J connectivity index is 2.13. The van der Waals surface area contributed by atoms with E-state index in [1.807, 2.05) is 19.1 Å². The van der Waals surface area contributed by atoms with Gasteiger partial charge in [0.15, 0.2) is 0 Å². The lowest BCUT2D eigenvalue weighted by atomic mass is 10.2. The number of aromatic nitrogens is 1. The van der Waals surface area contributed by atoms with E-state index in [1.54, 1.807) is 0 Å². The Morgan fingerprint density at radius 1 is 1.56 bits per heavy atom. The molecule has 0 radical (unpaired) electrons. The molecule has 1 aliphatic heterocycles. The van der Waals surface area contributed by atoms with Crippen molar-refractivity contribution in [3.63, 3.8) is 0 Å². The largest absolute Gasteiger partial charge is 0.375 e. The second-order valence-corrected chi connectivity index (χ2v) is 4.49. The smallest absolute Gasteiger partial charge is 0.129 e. The van der Waals surface area contributed by atoms with Crippen LogP contribution in [0.4, 0.5) is 5.82 Å². The molecule has 2 heterocycles. The maximum Gasteiger partial charge on any atom is 0.129 e. The molecule has 0 amide bonds. The summed E-state index contributed by atoms with van der Waals surface area (Å²) < 4.78 is 5.64. The lowest BCUT2D eigenvalue weighted by molar-refractivity contribution is 0.0381. The predicted molar refractivity (Wildman–Crippen MR) is 66.2 cm³/mol. The molecule has 1 atom stereocenters. The van der Waals surface area contributed by atoms with Crippen molar-refractivity contribution in [3.8, 4) is 0 Å². The molecule has 3 nitrogen and oxygen atoms in total. The monoisotopic (exact) mass is 240 g/mol. The molecule has 0 spiro atoms. The number of morpholine rings is 1. The number of pyridine rings is 1. The molecule has 1 saturated heterocycles. The Labute approximate surface area is 101 Å². The molecular formula is C12H17ClN2O. The van der Waals surface area contributed by atoms with Gasteiger partial charge in [0.05, 0.1) is 23.4 Å². The van der Waals surface area contributed by atoms with Crippen LogP contribution in [0.3, 0.4) is 0 Å². The van der Waals surface area contributed by atoms with Gasteiger partial charge in [-0.05, 0) is 25.5 Å². The first kappa shape index (κ1) is 11.7. The quantitative estimate of drug-likeness (QED) is 0.795. The molecule has 4 heteroatoms. The minimum Gasteiger partial charge on any atom is -0.375 e. The van der Waals surface area contributed by atoms with Crippen LogP contribution in [0.15, 0.2) is 12.1 Å². The Kier molecular flexibility index (Phi) is 3.66. The molecule has 16 heavy (non-hydrogen) atoms. The fraction of sp³-hybridized carbons (Fsp3) is 0.583. The Bertz CT molecular complexity index is 370. The third-order valence-corrected chi connectivity index (χ3v) is 3.32. The van der Waals surface area contributed by atoms with Crippen LogP contribution < -0.4 is 4.90 Å². The summed E-state index contributed by atoms with van der Waals surface area (Å²) in [5.74, 6) is 1.00. The number of nitrogens with zero attached hydrogens (tertiary/aromatic N) is 2. The summed E-state index contributed by atoms with van der Waals surface area (Å²) >= 11 is 5.97. The van der Waals surface area contributed by atoms with Gasteiger partial charge < -0.3 is 9.64 Å². The molecule has 1 unspecified atom stereocenters. The van der Waals surface area contributed by atoms with Crippen LogP contribution in [-0.2, 0) is 4.74 Å². The summed E-state index contributed by atoms with van der Waals surface area (Å²) in [5, 5.41) is 0.726. The van der Waals surface area contributed by atoms with Crippen LogP contribution in [0.25, 0.3) is 0 Å². The van der Waals surface area contributed by atoms with Gasteiger partial charge in [-0.1, -0.05) is 18.5 Å². The molecule has 0 bridgehead atoms. The second kappa shape index (κ2) is 5.02. The van der Waals surface area contributed by atoms with Gasteiger partial charge in [-0.3, -0.25) is 0 Å². The molecule has 0 aliphatic carbocycles. The number of rotatable bonds is 2. The van der Waals surface area contributed by atoms with E-state index in [0.29, 0.717) is 6.10 Å². The van der Waals surface area contributed by atoms with Gasteiger partial charge in [0, 0.05) is 13.1 Å². The first-order chi connectivity index (χ1) is 7.70. The molecule has 0 N–H and O–H groups in total. The molecule has 0 saturated carbocycles. The van der Waals surface area contributed by atoms with Crippen molar-refractivity contribution in [3.05, 3.63) is 22.8 Å². The highest BCUT2D eigenvalue weighted by Gasteiger charge is 2.20. The van der Waals surface area contributed by atoms with E-state index in [0.717, 1.165) is 42.7 Å². The fourth-order valence-corrected chi connectivity index (χ4v) is 1.99. The number of anilines is 1. The minimum atomic E-state index is 0.325. The number of hydrogen-bond donors (Lipinski definition) is 0. The summed E-state index contributed by atoms with van der Waals surface area (Å²) in [7, 11) is 0. The maximum absolute atomic E-state index is 5.97. The van der Waals surface area contributed by atoms with Gasteiger partial charge in [-0.25, -0.2) is 4.98 Å². The first-order valence-corrected chi connectivity index (χ1v) is 6.08. The minimum absolute atomic E-state index is 0.325. The molecule has 1 fully saturated rings. The van der Waals surface area contributed by atoms with Crippen molar-refractivity contribution >= 4 is 17.4 Å². The fourth-order valence-electron chi connectivity index (χ4n) is 1.88. The average molecular weight is 241 g/mol. The van der Waals surface area contributed by atoms with Crippen LogP contribution in [0.5, 0.6) is 0 Å². The van der Waals surface area contributed by atoms with Crippen molar-refractivity contribution in [2.24, 2.45) is 0 Å². The van der Waals surface area contributed by atoms with Crippen molar-refractivity contribution in [1.82, 2.24) is 4.98 Å². The summed E-state index contributed by atoms with van der Waals surface area (Å²) in [5.41, 5.74) is 0.888. The summed E-state index contributed by atoms with van der Waals surface area (Å²) in [6, 6.07) is 3.89. The third-order valence-electron chi connectivity index (χ3n) is 2.92. The van der Waals surface area contributed by atoms with Crippen LogP contribution in [0.2, 0.25) is 5.02 Å². The van der Waals surface area contributed by atoms with Crippen LogP contribution in [0.1, 0.15) is 19.0 Å². The average Bonchev–Trinajstić information content (AvgIpc) is 2.33. The molecule has 1 aromatic rings. The molecule has 2 rings (SSSR count). The Morgan fingerprint density at radius 2 is 2.38 bits per heavy atom.